The van der Waals surface area contributed by atoms with Crippen LogP contribution in [-0.4, -0.2) is 15.2 Å². The summed E-state index contributed by atoms with van der Waals surface area (Å²) in [5, 5.41) is 7.25. The maximum Gasteiger partial charge on any atom is 0.209 e. The number of hydrogen-bond acceptors (Lipinski definition) is 3. The van der Waals surface area contributed by atoms with Gasteiger partial charge in [0.25, 0.3) is 0 Å². The van der Waals surface area contributed by atoms with E-state index >= 15 is 0 Å². The number of H-pyrrole nitrogens is 1. The molecule has 3 aromatic rings. The molecule has 0 atom stereocenters. The van der Waals surface area contributed by atoms with Crippen LogP contribution in [0, 0.1) is 11.6 Å². The Labute approximate surface area is 124 Å². The van der Waals surface area contributed by atoms with Crippen LogP contribution in [0.2, 0.25) is 0 Å². The fraction of sp³-hybridized carbons (Fsp3) is 0.0667. The number of nitrogens with zero attached hydrogens (tertiary/aromatic N) is 2. The summed E-state index contributed by atoms with van der Waals surface area (Å²) < 4.78 is 26.7. The van der Waals surface area contributed by atoms with Crippen LogP contribution >= 0.6 is 11.8 Å². The molecule has 0 aliphatic rings. The molecule has 1 heterocycles. The quantitative estimate of drug-likeness (QED) is 0.740. The summed E-state index contributed by atoms with van der Waals surface area (Å²) in [5.74, 6) is 0.312. The second-order valence-electron chi connectivity index (χ2n) is 4.37. The lowest BCUT2D eigenvalue weighted by Crippen LogP contribution is -1.85. The van der Waals surface area contributed by atoms with Crippen LogP contribution in [0.1, 0.15) is 5.56 Å². The lowest BCUT2D eigenvalue weighted by atomic mass is 10.2. The number of halogens is 2. The largest absolute Gasteiger partial charge is 0.258 e. The first kappa shape index (κ1) is 13.8. The summed E-state index contributed by atoms with van der Waals surface area (Å²) in [6.45, 7) is 0. The third-order valence-electron chi connectivity index (χ3n) is 2.85. The average Bonchev–Trinajstić information content (AvgIpc) is 2.94. The van der Waals surface area contributed by atoms with Crippen LogP contribution in [0.15, 0.2) is 53.7 Å². The molecule has 2 aromatic carbocycles. The van der Waals surface area contributed by atoms with Crippen molar-refractivity contribution in [1.82, 2.24) is 15.2 Å². The van der Waals surface area contributed by atoms with Gasteiger partial charge in [-0.15, -0.1) is 5.10 Å². The summed E-state index contributed by atoms with van der Waals surface area (Å²) in [5.41, 5.74) is 1.22. The first-order chi connectivity index (χ1) is 10.2. The molecule has 0 unspecified atom stereocenters. The minimum absolute atomic E-state index is 0.268. The highest BCUT2D eigenvalue weighted by atomic mass is 32.2. The monoisotopic (exact) mass is 303 g/mol. The molecule has 3 nitrogen and oxygen atoms in total. The molecule has 21 heavy (non-hydrogen) atoms. The zero-order chi connectivity index (χ0) is 14.7. The maximum absolute atomic E-state index is 13.6. The lowest BCUT2D eigenvalue weighted by Gasteiger charge is -1.98. The summed E-state index contributed by atoms with van der Waals surface area (Å²) in [6, 6.07) is 12.7. The minimum Gasteiger partial charge on any atom is -0.258 e. The zero-order valence-electron chi connectivity index (χ0n) is 10.9. The van der Waals surface area contributed by atoms with E-state index in [1.807, 2.05) is 6.07 Å². The minimum atomic E-state index is -0.352. The fourth-order valence-electron chi connectivity index (χ4n) is 1.86. The Bertz CT molecular complexity index is 758. The summed E-state index contributed by atoms with van der Waals surface area (Å²) >= 11 is 1.36. The van der Waals surface area contributed by atoms with Gasteiger partial charge in [-0.2, -0.15) is 0 Å². The predicted molar refractivity (Wildman–Crippen MR) is 77.7 cm³/mol. The topological polar surface area (TPSA) is 41.6 Å². The van der Waals surface area contributed by atoms with Crippen LogP contribution in [0.3, 0.4) is 0 Å². The molecule has 0 saturated heterocycles. The number of rotatable bonds is 4. The van der Waals surface area contributed by atoms with E-state index < -0.39 is 0 Å². The maximum atomic E-state index is 13.6. The molecule has 0 amide bonds. The number of thioether (sulfide) groups is 1. The molecular weight excluding hydrogens is 292 g/mol. The Hall–Kier alpha value is -2.21. The van der Waals surface area contributed by atoms with Crippen LogP contribution in [0.25, 0.3) is 11.4 Å². The summed E-state index contributed by atoms with van der Waals surface area (Å²) in [6.07, 6.45) is 0. The highest BCUT2D eigenvalue weighted by molar-refractivity contribution is 7.98. The Morgan fingerprint density at radius 2 is 1.90 bits per heavy atom. The molecule has 1 aromatic heterocycles. The van der Waals surface area contributed by atoms with Gasteiger partial charge in [0.15, 0.2) is 5.82 Å². The number of aromatic amines is 1. The number of aromatic nitrogens is 3. The van der Waals surface area contributed by atoms with Crippen LogP contribution in [0.5, 0.6) is 0 Å². The molecular formula is C15H11F2N3S. The first-order valence-electron chi connectivity index (χ1n) is 6.27. The van der Waals surface area contributed by atoms with Crippen LogP contribution in [0.4, 0.5) is 8.78 Å². The first-order valence-corrected chi connectivity index (χ1v) is 7.25. The molecule has 0 aliphatic heterocycles. The Morgan fingerprint density at radius 1 is 1.05 bits per heavy atom. The van der Waals surface area contributed by atoms with E-state index in [2.05, 4.69) is 15.2 Å². The van der Waals surface area contributed by atoms with E-state index in [-0.39, 0.29) is 11.6 Å². The Morgan fingerprint density at radius 3 is 2.71 bits per heavy atom. The van der Waals surface area contributed by atoms with Gasteiger partial charge in [0.05, 0.1) is 5.56 Å². The van der Waals surface area contributed by atoms with Gasteiger partial charge in [0.1, 0.15) is 11.6 Å². The third-order valence-corrected chi connectivity index (χ3v) is 3.77. The van der Waals surface area contributed by atoms with Crippen molar-refractivity contribution >= 4 is 11.8 Å². The highest BCUT2D eigenvalue weighted by Gasteiger charge is 2.10. The second kappa shape index (κ2) is 6.05. The standard InChI is InChI=1S/C15H11F2N3S/c16-11-5-3-4-10(8-11)9-21-15-18-14(19-20-15)12-6-1-2-7-13(12)17/h1-8H,9H2,(H,18,19,20). The van der Waals surface area contributed by atoms with Gasteiger partial charge in [-0.05, 0) is 29.8 Å². The molecule has 6 heteroatoms. The van der Waals surface area contributed by atoms with Crippen LogP contribution in [-0.2, 0) is 5.75 Å². The van der Waals surface area contributed by atoms with Crippen molar-refractivity contribution in [2.75, 3.05) is 0 Å². The Balaban J connectivity index is 1.72. The van der Waals surface area contributed by atoms with Crippen molar-refractivity contribution in [2.45, 2.75) is 10.9 Å². The average molecular weight is 303 g/mol. The molecule has 0 spiro atoms. The van der Waals surface area contributed by atoms with Gasteiger partial charge in [0.2, 0.25) is 5.16 Å². The summed E-state index contributed by atoms with van der Waals surface area (Å²) in [4.78, 5) is 4.24. The molecule has 0 bridgehead atoms. The fourth-order valence-corrected chi connectivity index (χ4v) is 2.60. The van der Waals surface area contributed by atoms with Crippen molar-refractivity contribution in [3.8, 4) is 11.4 Å². The lowest BCUT2D eigenvalue weighted by molar-refractivity contribution is 0.626. The van der Waals surface area contributed by atoms with E-state index in [4.69, 9.17) is 0 Å². The van der Waals surface area contributed by atoms with Gasteiger partial charge in [0, 0.05) is 5.75 Å². The third kappa shape index (κ3) is 3.28. The van der Waals surface area contributed by atoms with Crippen molar-refractivity contribution in [2.24, 2.45) is 0 Å². The van der Waals surface area contributed by atoms with Gasteiger partial charge < -0.3 is 0 Å². The second-order valence-corrected chi connectivity index (χ2v) is 5.31. The van der Waals surface area contributed by atoms with E-state index in [0.717, 1.165) is 5.56 Å². The van der Waals surface area contributed by atoms with Crippen LogP contribution < -0.4 is 0 Å². The van der Waals surface area contributed by atoms with Crippen molar-refractivity contribution in [3.63, 3.8) is 0 Å². The molecule has 0 radical (unpaired) electrons. The van der Waals surface area contributed by atoms with Gasteiger partial charge in [-0.3, -0.25) is 5.10 Å². The van der Waals surface area contributed by atoms with E-state index in [1.165, 1.54) is 30.0 Å². The molecule has 0 aliphatic carbocycles. The smallest absolute Gasteiger partial charge is 0.209 e. The SMILES string of the molecule is Fc1cccc(CSc2n[nH]c(-c3ccccc3F)n2)c1. The van der Waals surface area contributed by atoms with Gasteiger partial charge in [-0.25, -0.2) is 13.8 Å². The molecule has 0 fully saturated rings. The zero-order valence-corrected chi connectivity index (χ0v) is 11.7. The van der Waals surface area contributed by atoms with E-state index in [9.17, 15) is 8.78 Å². The number of nitrogens with one attached hydrogen (secondary N) is 1. The molecule has 0 saturated carbocycles. The van der Waals surface area contributed by atoms with Crippen molar-refractivity contribution in [1.29, 1.82) is 0 Å². The Kier molecular flexibility index (Phi) is 3.96. The molecule has 1 N–H and O–H groups in total. The summed E-state index contributed by atoms with van der Waals surface area (Å²) in [7, 11) is 0. The number of benzene rings is 2. The predicted octanol–water partition coefficient (Wildman–Crippen LogP) is 4.04. The molecule has 106 valence electrons. The van der Waals surface area contributed by atoms with E-state index in [1.54, 1.807) is 24.3 Å². The van der Waals surface area contributed by atoms with Crippen molar-refractivity contribution < 1.29 is 8.78 Å². The van der Waals surface area contributed by atoms with Crippen molar-refractivity contribution in [3.05, 3.63) is 65.7 Å². The highest BCUT2D eigenvalue weighted by Crippen LogP contribution is 2.23. The van der Waals surface area contributed by atoms with Gasteiger partial charge >= 0.3 is 0 Å². The molecule has 3 rings (SSSR count). The number of hydrogen-bond donors (Lipinski definition) is 1. The van der Waals surface area contributed by atoms with E-state index in [0.29, 0.717) is 22.3 Å². The normalized spacial score (nSPS) is 10.8. The van der Waals surface area contributed by atoms with Gasteiger partial charge in [-0.1, -0.05) is 36.0 Å².